The highest BCUT2D eigenvalue weighted by Crippen LogP contribution is 2.25. The second-order valence-electron chi connectivity index (χ2n) is 2.54. The topological polar surface area (TPSA) is 30.0 Å². The van der Waals surface area contributed by atoms with Crippen LogP contribution >= 0.6 is 22.9 Å². The highest BCUT2D eigenvalue weighted by Gasteiger charge is 2.00. The maximum atomic E-state index is 10.0. The quantitative estimate of drug-likeness (QED) is 0.505. The predicted octanol–water partition coefficient (Wildman–Crippen LogP) is 2.50. The molecule has 1 aromatic carbocycles. The molecule has 0 spiro atoms. The number of nitrogens with zero attached hydrogens (tertiary/aromatic N) is 1. The molecule has 4 heteroatoms. The Morgan fingerprint density at radius 3 is 3.14 bits per heavy atom. The summed E-state index contributed by atoms with van der Waals surface area (Å²) >= 11 is 7.15. The smallest absolute Gasteiger partial charge is 0.193 e. The van der Waals surface area contributed by atoms with E-state index >= 15 is 0 Å². The van der Waals surface area contributed by atoms with E-state index in [-0.39, 0.29) is 0 Å². The zero-order chi connectivity index (χ0) is 9.97. The van der Waals surface area contributed by atoms with Gasteiger partial charge < -0.3 is 0 Å². The molecule has 2 rings (SSSR count). The molecule has 1 aromatic heterocycles. The first-order valence-corrected chi connectivity index (χ1v) is 5.00. The van der Waals surface area contributed by atoms with E-state index in [0.29, 0.717) is 10.8 Å². The van der Waals surface area contributed by atoms with Crippen LogP contribution in [0.4, 0.5) is 0 Å². The third-order valence-electron chi connectivity index (χ3n) is 1.64. The Bertz CT molecular complexity index is 550. The average molecular weight is 222 g/mol. The van der Waals surface area contributed by atoms with Gasteiger partial charge in [0, 0.05) is 5.56 Å². The van der Waals surface area contributed by atoms with Crippen LogP contribution in [0, 0.1) is 11.8 Å². The normalized spacial score (nSPS) is 9.50. The fourth-order valence-electron chi connectivity index (χ4n) is 1.09. The van der Waals surface area contributed by atoms with Crippen molar-refractivity contribution >= 4 is 39.4 Å². The van der Waals surface area contributed by atoms with Crippen molar-refractivity contribution in [3.63, 3.8) is 0 Å². The minimum absolute atomic E-state index is 0.514. The lowest BCUT2D eigenvalue weighted by atomic mass is 10.2. The molecule has 0 saturated heterocycles. The van der Waals surface area contributed by atoms with Crippen LogP contribution in [-0.4, -0.2) is 11.3 Å². The van der Waals surface area contributed by atoms with Crippen molar-refractivity contribution in [2.45, 2.75) is 0 Å². The summed E-state index contributed by atoms with van der Waals surface area (Å²) in [5, 5.41) is 0. The summed E-state index contributed by atoms with van der Waals surface area (Å²) in [6.45, 7) is 0. The number of carbonyl (C=O) groups is 1. The van der Waals surface area contributed by atoms with Gasteiger partial charge >= 0.3 is 0 Å². The molecule has 0 N–H and O–H groups in total. The van der Waals surface area contributed by atoms with E-state index in [1.54, 1.807) is 0 Å². The summed E-state index contributed by atoms with van der Waals surface area (Å²) in [4.78, 5) is 14.1. The maximum Gasteiger partial charge on any atom is 0.193 e. The third-order valence-corrected chi connectivity index (χ3v) is 2.76. The molecule has 0 radical (unpaired) electrons. The molecular formula is C10H4ClNOS. The zero-order valence-corrected chi connectivity index (χ0v) is 8.52. The largest absolute Gasteiger partial charge is 0.289 e. The molecule has 0 aliphatic rings. The highest BCUT2D eigenvalue weighted by atomic mass is 35.5. The van der Waals surface area contributed by atoms with Gasteiger partial charge in [0.1, 0.15) is 0 Å². The molecule has 0 aliphatic carbocycles. The molecule has 0 fully saturated rings. The van der Waals surface area contributed by atoms with Gasteiger partial charge in [0.05, 0.1) is 10.2 Å². The zero-order valence-electron chi connectivity index (χ0n) is 6.95. The third kappa shape index (κ3) is 1.77. The molecule has 14 heavy (non-hydrogen) atoms. The molecule has 0 saturated carbocycles. The SMILES string of the molecule is O=CC#Cc1ccc2nc(Cl)sc2c1. The van der Waals surface area contributed by atoms with Crippen LogP contribution < -0.4 is 0 Å². The fourth-order valence-corrected chi connectivity index (χ4v) is 2.16. The maximum absolute atomic E-state index is 10.0. The van der Waals surface area contributed by atoms with E-state index in [4.69, 9.17) is 11.6 Å². The first-order chi connectivity index (χ1) is 6.79. The Morgan fingerprint density at radius 1 is 1.50 bits per heavy atom. The van der Waals surface area contributed by atoms with Gasteiger partial charge in [-0.05, 0) is 24.1 Å². The van der Waals surface area contributed by atoms with Gasteiger partial charge in [0.15, 0.2) is 10.8 Å². The lowest BCUT2D eigenvalue weighted by Crippen LogP contribution is -1.73. The van der Waals surface area contributed by atoms with Crippen molar-refractivity contribution in [3.8, 4) is 11.8 Å². The minimum Gasteiger partial charge on any atom is -0.289 e. The molecule has 0 unspecified atom stereocenters. The van der Waals surface area contributed by atoms with E-state index in [9.17, 15) is 4.79 Å². The number of hydrogen-bond donors (Lipinski definition) is 0. The van der Waals surface area contributed by atoms with Crippen molar-refractivity contribution in [1.29, 1.82) is 0 Å². The van der Waals surface area contributed by atoms with Crippen molar-refractivity contribution in [1.82, 2.24) is 4.98 Å². The van der Waals surface area contributed by atoms with Gasteiger partial charge in [-0.3, -0.25) is 4.79 Å². The first kappa shape index (κ1) is 9.20. The van der Waals surface area contributed by atoms with E-state index in [2.05, 4.69) is 16.8 Å². The molecule has 0 bridgehead atoms. The molecule has 1 heterocycles. The lowest BCUT2D eigenvalue weighted by molar-refractivity contribution is -0.103. The standard InChI is InChI=1S/C10H4ClNOS/c11-10-12-8-4-3-7(2-1-5-13)6-9(8)14-10/h3-6H. The highest BCUT2D eigenvalue weighted by molar-refractivity contribution is 7.22. The van der Waals surface area contributed by atoms with Gasteiger partial charge in [-0.15, -0.1) is 11.3 Å². The lowest BCUT2D eigenvalue weighted by Gasteiger charge is -1.88. The van der Waals surface area contributed by atoms with Gasteiger partial charge in [-0.2, -0.15) is 0 Å². The van der Waals surface area contributed by atoms with Gasteiger partial charge in [-0.1, -0.05) is 17.5 Å². The van der Waals surface area contributed by atoms with Crippen LogP contribution in [0.2, 0.25) is 4.47 Å². The molecule has 0 atom stereocenters. The van der Waals surface area contributed by atoms with Gasteiger partial charge in [0.2, 0.25) is 0 Å². The summed E-state index contributed by atoms with van der Waals surface area (Å²) < 4.78 is 1.49. The minimum atomic E-state index is 0.514. The second kappa shape index (κ2) is 3.79. The van der Waals surface area contributed by atoms with Gasteiger partial charge in [0.25, 0.3) is 0 Å². The number of thiazole rings is 1. The fraction of sp³-hybridized carbons (Fsp3) is 0. The van der Waals surface area contributed by atoms with Crippen molar-refractivity contribution in [3.05, 3.63) is 28.2 Å². The van der Waals surface area contributed by atoms with E-state index < -0.39 is 0 Å². The Balaban J connectivity index is 2.55. The van der Waals surface area contributed by atoms with Crippen molar-refractivity contribution < 1.29 is 4.79 Å². The average Bonchev–Trinajstić information content (AvgIpc) is 2.54. The molecule has 2 aromatic rings. The summed E-state index contributed by atoms with van der Waals surface area (Å²) in [5.41, 5.74) is 1.65. The Morgan fingerprint density at radius 2 is 2.36 bits per heavy atom. The van der Waals surface area contributed by atoms with Crippen LogP contribution in [0.5, 0.6) is 0 Å². The summed E-state index contributed by atoms with van der Waals surface area (Å²) in [5.74, 6) is 5.07. The predicted molar refractivity (Wildman–Crippen MR) is 57.6 cm³/mol. The summed E-state index contributed by atoms with van der Waals surface area (Å²) in [6.07, 6.45) is 0.573. The molecule has 0 aliphatic heterocycles. The van der Waals surface area contributed by atoms with E-state index in [1.807, 2.05) is 18.2 Å². The molecular weight excluding hydrogens is 218 g/mol. The van der Waals surface area contributed by atoms with Crippen LogP contribution in [0.1, 0.15) is 5.56 Å². The van der Waals surface area contributed by atoms with Crippen LogP contribution in [0.3, 0.4) is 0 Å². The van der Waals surface area contributed by atoms with Gasteiger partial charge in [-0.25, -0.2) is 4.98 Å². The van der Waals surface area contributed by atoms with Crippen LogP contribution in [-0.2, 0) is 4.79 Å². The number of fused-ring (bicyclic) bond motifs is 1. The number of benzene rings is 1. The summed E-state index contributed by atoms with van der Waals surface area (Å²) in [6, 6.07) is 5.52. The first-order valence-electron chi connectivity index (χ1n) is 3.81. The number of carbonyl (C=O) groups excluding carboxylic acids is 1. The van der Waals surface area contributed by atoms with Crippen LogP contribution in [0.15, 0.2) is 18.2 Å². The number of aldehydes is 1. The second-order valence-corrected chi connectivity index (χ2v) is 4.15. The van der Waals surface area contributed by atoms with E-state index in [0.717, 1.165) is 15.8 Å². The Kier molecular flexibility index (Phi) is 2.49. The Hall–Kier alpha value is -1.37. The molecule has 0 amide bonds. The van der Waals surface area contributed by atoms with E-state index in [1.165, 1.54) is 11.3 Å². The molecule has 68 valence electrons. The number of hydrogen-bond acceptors (Lipinski definition) is 3. The summed E-state index contributed by atoms with van der Waals surface area (Å²) in [7, 11) is 0. The number of aromatic nitrogens is 1. The molecule has 2 nitrogen and oxygen atoms in total. The number of halogens is 1. The van der Waals surface area contributed by atoms with Crippen molar-refractivity contribution in [2.24, 2.45) is 0 Å². The monoisotopic (exact) mass is 221 g/mol. The van der Waals surface area contributed by atoms with Crippen LogP contribution in [0.25, 0.3) is 10.2 Å². The van der Waals surface area contributed by atoms with Crippen molar-refractivity contribution in [2.75, 3.05) is 0 Å². The Labute approximate surface area is 89.5 Å². The number of rotatable bonds is 0.